The molecule has 2 heterocycles. The first-order valence-corrected chi connectivity index (χ1v) is 6.62. The highest BCUT2D eigenvalue weighted by molar-refractivity contribution is 5.35. The first-order valence-electron chi connectivity index (χ1n) is 6.62. The van der Waals surface area contributed by atoms with Gasteiger partial charge in [0.25, 0.3) is 0 Å². The lowest BCUT2D eigenvalue weighted by molar-refractivity contribution is 0.364. The van der Waals surface area contributed by atoms with Gasteiger partial charge in [-0.15, -0.1) is 0 Å². The summed E-state index contributed by atoms with van der Waals surface area (Å²) >= 11 is 0. The van der Waals surface area contributed by atoms with Crippen molar-refractivity contribution in [2.75, 3.05) is 45.8 Å². The summed E-state index contributed by atoms with van der Waals surface area (Å²) in [5, 5.41) is 3.37. The number of aromatic nitrogens is 2. The molecule has 6 nitrogen and oxygen atoms in total. The number of hydrogen-bond donors (Lipinski definition) is 1. The van der Waals surface area contributed by atoms with E-state index in [0.29, 0.717) is 23.6 Å². The monoisotopic (exact) mass is 266 g/mol. The molecule has 0 aromatic carbocycles. The standard InChI is InChI=1S/C13H22N4O2/c1-17(9-10-4-6-14-7-5-10)13-15-11(18-2)8-12(16-13)19-3/h8,10,14H,4-7,9H2,1-3H3. The Kier molecular flexibility index (Phi) is 4.79. The molecule has 0 saturated carbocycles. The number of piperidine rings is 1. The van der Waals surface area contributed by atoms with Gasteiger partial charge in [0.1, 0.15) is 0 Å². The van der Waals surface area contributed by atoms with E-state index >= 15 is 0 Å². The number of ether oxygens (including phenoxy) is 2. The fraction of sp³-hybridized carbons (Fsp3) is 0.692. The second-order valence-corrected chi connectivity index (χ2v) is 4.83. The van der Waals surface area contributed by atoms with Gasteiger partial charge in [-0.3, -0.25) is 0 Å². The summed E-state index contributed by atoms with van der Waals surface area (Å²) < 4.78 is 10.3. The van der Waals surface area contributed by atoms with Gasteiger partial charge >= 0.3 is 0 Å². The first-order chi connectivity index (χ1) is 9.22. The maximum absolute atomic E-state index is 5.17. The van der Waals surface area contributed by atoms with E-state index in [-0.39, 0.29) is 0 Å². The molecule has 1 aromatic rings. The van der Waals surface area contributed by atoms with Gasteiger partial charge in [0.2, 0.25) is 17.7 Å². The molecule has 0 unspecified atom stereocenters. The third-order valence-corrected chi connectivity index (χ3v) is 3.42. The van der Waals surface area contributed by atoms with Crippen molar-refractivity contribution in [2.24, 2.45) is 5.92 Å². The van der Waals surface area contributed by atoms with Gasteiger partial charge in [-0.1, -0.05) is 0 Å². The van der Waals surface area contributed by atoms with Crippen molar-refractivity contribution in [3.8, 4) is 11.8 Å². The molecule has 0 radical (unpaired) electrons. The Labute approximate surface area is 114 Å². The van der Waals surface area contributed by atoms with Gasteiger partial charge in [-0.25, -0.2) is 0 Å². The van der Waals surface area contributed by atoms with Crippen LogP contribution in [0, 0.1) is 5.92 Å². The molecule has 1 fully saturated rings. The van der Waals surface area contributed by atoms with Crippen molar-refractivity contribution in [3.63, 3.8) is 0 Å². The molecular formula is C13H22N4O2. The zero-order valence-electron chi connectivity index (χ0n) is 11.8. The van der Waals surface area contributed by atoms with Gasteiger partial charge in [0.15, 0.2) is 0 Å². The van der Waals surface area contributed by atoms with Crippen LogP contribution in [0.15, 0.2) is 6.07 Å². The predicted molar refractivity (Wildman–Crippen MR) is 74.0 cm³/mol. The van der Waals surface area contributed by atoms with Crippen molar-refractivity contribution in [2.45, 2.75) is 12.8 Å². The van der Waals surface area contributed by atoms with Crippen LogP contribution in [-0.4, -0.2) is 50.9 Å². The molecule has 1 saturated heterocycles. The minimum absolute atomic E-state index is 0.527. The van der Waals surface area contributed by atoms with Crippen molar-refractivity contribution in [3.05, 3.63) is 6.07 Å². The van der Waals surface area contributed by atoms with Crippen LogP contribution < -0.4 is 19.7 Å². The maximum Gasteiger partial charge on any atom is 0.231 e. The predicted octanol–water partition coefficient (Wildman–Crippen LogP) is 0.930. The largest absolute Gasteiger partial charge is 0.481 e. The van der Waals surface area contributed by atoms with Crippen LogP contribution in [0.1, 0.15) is 12.8 Å². The van der Waals surface area contributed by atoms with E-state index in [1.54, 1.807) is 20.3 Å². The van der Waals surface area contributed by atoms with E-state index in [2.05, 4.69) is 20.2 Å². The van der Waals surface area contributed by atoms with Crippen LogP contribution in [0.5, 0.6) is 11.8 Å². The molecule has 6 heteroatoms. The summed E-state index contributed by atoms with van der Waals surface area (Å²) in [6.07, 6.45) is 2.40. The molecule has 0 bridgehead atoms. The number of methoxy groups -OCH3 is 2. The summed E-state index contributed by atoms with van der Waals surface area (Å²) in [5.41, 5.74) is 0. The van der Waals surface area contributed by atoms with Crippen molar-refractivity contribution in [1.29, 1.82) is 0 Å². The summed E-state index contributed by atoms with van der Waals surface area (Å²) in [7, 11) is 5.20. The van der Waals surface area contributed by atoms with Crippen LogP contribution in [0.2, 0.25) is 0 Å². The number of nitrogens with one attached hydrogen (secondary N) is 1. The summed E-state index contributed by atoms with van der Waals surface area (Å²) in [6, 6.07) is 1.68. The zero-order chi connectivity index (χ0) is 13.7. The fourth-order valence-corrected chi connectivity index (χ4v) is 2.31. The Hall–Kier alpha value is -1.56. The molecule has 19 heavy (non-hydrogen) atoms. The molecular weight excluding hydrogens is 244 g/mol. The van der Waals surface area contributed by atoms with Gasteiger partial charge in [-0.05, 0) is 31.8 Å². The van der Waals surface area contributed by atoms with E-state index < -0.39 is 0 Å². The van der Waals surface area contributed by atoms with Gasteiger partial charge in [0, 0.05) is 13.6 Å². The van der Waals surface area contributed by atoms with Gasteiger partial charge in [0.05, 0.1) is 20.3 Å². The smallest absolute Gasteiger partial charge is 0.231 e. The SMILES string of the molecule is COc1cc(OC)nc(N(C)CC2CCNCC2)n1. The molecule has 1 aliphatic heterocycles. The van der Waals surface area contributed by atoms with Gasteiger partial charge < -0.3 is 19.7 Å². The van der Waals surface area contributed by atoms with Crippen LogP contribution in [0.4, 0.5) is 5.95 Å². The lowest BCUT2D eigenvalue weighted by Crippen LogP contribution is -2.35. The quantitative estimate of drug-likeness (QED) is 0.855. The Morgan fingerprint density at radius 2 is 1.79 bits per heavy atom. The van der Waals surface area contributed by atoms with Crippen molar-refractivity contribution < 1.29 is 9.47 Å². The Balaban J connectivity index is 2.06. The Bertz CT molecular complexity index is 385. The zero-order valence-corrected chi connectivity index (χ0v) is 11.8. The lowest BCUT2D eigenvalue weighted by atomic mass is 9.98. The van der Waals surface area contributed by atoms with Gasteiger partial charge in [-0.2, -0.15) is 9.97 Å². The molecule has 106 valence electrons. The van der Waals surface area contributed by atoms with E-state index in [9.17, 15) is 0 Å². The number of hydrogen-bond acceptors (Lipinski definition) is 6. The Morgan fingerprint density at radius 3 is 2.32 bits per heavy atom. The fourth-order valence-electron chi connectivity index (χ4n) is 2.31. The normalized spacial score (nSPS) is 16.2. The third kappa shape index (κ3) is 3.70. The molecule has 1 aromatic heterocycles. The second-order valence-electron chi connectivity index (χ2n) is 4.83. The van der Waals surface area contributed by atoms with Crippen LogP contribution in [0.25, 0.3) is 0 Å². The average molecular weight is 266 g/mol. The van der Waals surface area contributed by atoms with E-state index in [0.717, 1.165) is 19.6 Å². The minimum atomic E-state index is 0.527. The molecule has 1 aliphatic rings. The molecule has 1 N–H and O–H groups in total. The van der Waals surface area contributed by atoms with E-state index in [1.165, 1.54) is 12.8 Å². The highest BCUT2D eigenvalue weighted by Crippen LogP contribution is 2.21. The highest BCUT2D eigenvalue weighted by Gasteiger charge is 2.17. The molecule has 2 rings (SSSR count). The van der Waals surface area contributed by atoms with Crippen LogP contribution in [-0.2, 0) is 0 Å². The molecule has 0 amide bonds. The van der Waals surface area contributed by atoms with Crippen molar-refractivity contribution >= 4 is 5.95 Å². The summed E-state index contributed by atoms with van der Waals surface area (Å²) in [6.45, 7) is 3.15. The maximum atomic E-state index is 5.17. The number of anilines is 1. The topological polar surface area (TPSA) is 59.5 Å². The van der Waals surface area contributed by atoms with Crippen LogP contribution >= 0.6 is 0 Å². The van der Waals surface area contributed by atoms with Crippen molar-refractivity contribution in [1.82, 2.24) is 15.3 Å². The molecule has 0 atom stereocenters. The minimum Gasteiger partial charge on any atom is -0.481 e. The average Bonchev–Trinajstić information content (AvgIpc) is 2.47. The summed E-state index contributed by atoms with van der Waals surface area (Å²) in [4.78, 5) is 10.8. The first kappa shape index (κ1) is 13.9. The second kappa shape index (κ2) is 6.56. The molecule has 0 spiro atoms. The number of rotatable bonds is 5. The molecule has 0 aliphatic carbocycles. The van der Waals surface area contributed by atoms with E-state index in [4.69, 9.17) is 9.47 Å². The Morgan fingerprint density at radius 1 is 1.21 bits per heavy atom. The lowest BCUT2D eigenvalue weighted by Gasteiger charge is -2.27. The third-order valence-electron chi connectivity index (χ3n) is 3.42. The highest BCUT2D eigenvalue weighted by atomic mass is 16.5. The number of nitrogens with zero attached hydrogens (tertiary/aromatic N) is 3. The van der Waals surface area contributed by atoms with E-state index in [1.807, 2.05) is 7.05 Å². The summed E-state index contributed by atoms with van der Waals surface area (Å²) in [5.74, 6) is 2.39. The van der Waals surface area contributed by atoms with Crippen LogP contribution in [0.3, 0.4) is 0 Å².